The van der Waals surface area contributed by atoms with E-state index in [0.717, 1.165) is 18.8 Å². The van der Waals surface area contributed by atoms with Gasteiger partial charge in [0.25, 0.3) is 5.91 Å². The quantitative estimate of drug-likeness (QED) is 0.697. The van der Waals surface area contributed by atoms with E-state index in [2.05, 4.69) is 45.9 Å². The van der Waals surface area contributed by atoms with Gasteiger partial charge < -0.3 is 14.0 Å². The summed E-state index contributed by atoms with van der Waals surface area (Å²) in [6.07, 6.45) is 2.06. The third-order valence-corrected chi connectivity index (χ3v) is 5.10. The van der Waals surface area contributed by atoms with Crippen molar-refractivity contribution in [3.05, 3.63) is 77.4 Å². The van der Waals surface area contributed by atoms with Crippen LogP contribution in [0.2, 0.25) is 0 Å². The van der Waals surface area contributed by atoms with Crippen LogP contribution in [0.3, 0.4) is 0 Å². The fourth-order valence-corrected chi connectivity index (χ4v) is 3.71. The maximum Gasteiger partial charge on any atom is 0.276 e. The summed E-state index contributed by atoms with van der Waals surface area (Å²) in [6, 6.07) is 16.2. The molecule has 3 aromatic rings. The Morgan fingerprint density at radius 1 is 1.19 bits per heavy atom. The molecule has 0 saturated carbocycles. The molecule has 27 heavy (non-hydrogen) atoms. The van der Waals surface area contributed by atoms with Crippen molar-refractivity contribution in [2.24, 2.45) is 0 Å². The van der Waals surface area contributed by atoms with Gasteiger partial charge in [-0.2, -0.15) is 0 Å². The molecule has 3 heterocycles. The molecule has 4 rings (SSSR count). The molecule has 2 aromatic heterocycles. The lowest BCUT2D eigenvalue weighted by molar-refractivity contribution is 0.0633. The van der Waals surface area contributed by atoms with E-state index >= 15 is 0 Å². The number of rotatable bonds is 5. The third kappa shape index (κ3) is 3.66. The first-order valence-corrected chi connectivity index (χ1v) is 9.26. The number of aromatic nitrogens is 2. The van der Waals surface area contributed by atoms with Gasteiger partial charge in [0, 0.05) is 37.6 Å². The van der Waals surface area contributed by atoms with Crippen LogP contribution in [0.4, 0.5) is 0 Å². The van der Waals surface area contributed by atoms with E-state index in [1.165, 1.54) is 5.56 Å². The molecular formula is C21H24N4O2. The van der Waals surface area contributed by atoms with Crippen molar-refractivity contribution in [3.63, 3.8) is 0 Å². The summed E-state index contributed by atoms with van der Waals surface area (Å²) in [7, 11) is 2.03. The molecular weight excluding hydrogens is 340 g/mol. The largest absolute Gasteiger partial charge is 0.359 e. The second kappa shape index (κ2) is 7.40. The van der Waals surface area contributed by atoms with Gasteiger partial charge in [-0.25, -0.2) is 0 Å². The average molecular weight is 364 g/mol. The number of hydrogen-bond donors (Lipinski definition) is 0. The highest BCUT2D eigenvalue weighted by Gasteiger charge is 2.29. The van der Waals surface area contributed by atoms with E-state index in [4.69, 9.17) is 4.52 Å². The maximum atomic E-state index is 12.9. The second-order valence-electron chi connectivity index (χ2n) is 7.14. The Labute approximate surface area is 159 Å². The lowest BCUT2D eigenvalue weighted by Gasteiger charge is -2.34. The van der Waals surface area contributed by atoms with Gasteiger partial charge in [-0.3, -0.25) is 9.69 Å². The SMILES string of the molecule is CC1c2cccn2CCN1C(=O)c1cc(CN(C)Cc2ccccc2)on1. The summed E-state index contributed by atoms with van der Waals surface area (Å²) in [5.41, 5.74) is 2.77. The number of benzene rings is 1. The van der Waals surface area contributed by atoms with Gasteiger partial charge in [-0.05, 0) is 31.7 Å². The molecule has 0 bridgehead atoms. The second-order valence-corrected chi connectivity index (χ2v) is 7.14. The smallest absolute Gasteiger partial charge is 0.276 e. The number of carbonyl (C=O) groups is 1. The van der Waals surface area contributed by atoms with Gasteiger partial charge in [0.15, 0.2) is 11.5 Å². The predicted molar refractivity (Wildman–Crippen MR) is 102 cm³/mol. The zero-order chi connectivity index (χ0) is 18.8. The number of fused-ring (bicyclic) bond motifs is 1. The minimum atomic E-state index is -0.0735. The first-order valence-electron chi connectivity index (χ1n) is 9.26. The van der Waals surface area contributed by atoms with Gasteiger partial charge in [0.1, 0.15) is 0 Å². The molecule has 0 radical (unpaired) electrons. The van der Waals surface area contributed by atoms with Crippen LogP contribution in [0.1, 0.15) is 40.5 Å². The topological polar surface area (TPSA) is 54.5 Å². The summed E-state index contributed by atoms with van der Waals surface area (Å²) >= 11 is 0. The normalized spacial score (nSPS) is 16.6. The highest BCUT2D eigenvalue weighted by atomic mass is 16.5. The van der Waals surface area contributed by atoms with Crippen molar-refractivity contribution in [1.29, 1.82) is 0 Å². The van der Waals surface area contributed by atoms with Crippen LogP contribution >= 0.6 is 0 Å². The molecule has 1 aliphatic heterocycles. The van der Waals surface area contributed by atoms with Crippen molar-refractivity contribution < 1.29 is 9.32 Å². The molecule has 1 unspecified atom stereocenters. The van der Waals surface area contributed by atoms with Gasteiger partial charge >= 0.3 is 0 Å². The van der Waals surface area contributed by atoms with Crippen LogP contribution in [0, 0.1) is 0 Å². The molecule has 0 aliphatic carbocycles. The molecule has 0 saturated heterocycles. The summed E-state index contributed by atoms with van der Waals surface area (Å²) in [5.74, 6) is 0.625. The number of nitrogens with zero attached hydrogens (tertiary/aromatic N) is 4. The number of hydrogen-bond acceptors (Lipinski definition) is 4. The molecule has 1 amide bonds. The standard InChI is InChI=1S/C21H24N4O2/c1-16-20-9-6-10-24(20)11-12-25(16)21(26)19-13-18(27-22-19)15-23(2)14-17-7-4-3-5-8-17/h3-10,13,16H,11-12,14-15H2,1-2H3. The minimum absolute atomic E-state index is 0.0298. The molecule has 1 aliphatic rings. The Kier molecular flexibility index (Phi) is 4.81. The molecule has 140 valence electrons. The minimum Gasteiger partial charge on any atom is -0.359 e. The van der Waals surface area contributed by atoms with Crippen LogP contribution < -0.4 is 0 Å². The maximum absolute atomic E-state index is 12.9. The summed E-state index contributed by atoms with van der Waals surface area (Å²) in [5, 5.41) is 4.03. The van der Waals surface area contributed by atoms with Crippen LogP contribution in [-0.4, -0.2) is 39.0 Å². The molecule has 0 N–H and O–H groups in total. The Hall–Kier alpha value is -2.86. The molecule has 1 aromatic carbocycles. The average Bonchev–Trinajstić information content (AvgIpc) is 3.32. The molecule has 6 nitrogen and oxygen atoms in total. The zero-order valence-corrected chi connectivity index (χ0v) is 15.7. The van der Waals surface area contributed by atoms with E-state index in [9.17, 15) is 4.79 Å². The van der Waals surface area contributed by atoms with Crippen LogP contribution in [0.15, 0.2) is 59.3 Å². The van der Waals surface area contributed by atoms with E-state index in [1.807, 2.05) is 36.2 Å². The zero-order valence-electron chi connectivity index (χ0n) is 15.7. The number of carbonyl (C=O) groups excluding carboxylic acids is 1. The lowest BCUT2D eigenvalue weighted by Crippen LogP contribution is -2.40. The van der Waals surface area contributed by atoms with Crippen molar-refractivity contribution in [2.45, 2.75) is 32.6 Å². The van der Waals surface area contributed by atoms with Crippen molar-refractivity contribution in [3.8, 4) is 0 Å². The third-order valence-electron chi connectivity index (χ3n) is 5.10. The van der Waals surface area contributed by atoms with E-state index in [1.54, 1.807) is 6.07 Å². The summed E-state index contributed by atoms with van der Waals surface area (Å²) in [4.78, 5) is 16.9. The highest BCUT2D eigenvalue weighted by molar-refractivity contribution is 5.92. The van der Waals surface area contributed by atoms with E-state index in [0.29, 0.717) is 24.5 Å². The van der Waals surface area contributed by atoms with Gasteiger partial charge in [-0.15, -0.1) is 0 Å². The van der Waals surface area contributed by atoms with Crippen molar-refractivity contribution in [2.75, 3.05) is 13.6 Å². The predicted octanol–water partition coefficient (Wildman–Crippen LogP) is 3.33. The molecule has 1 atom stereocenters. The first kappa shape index (κ1) is 17.5. The van der Waals surface area contributed by atoms with Gasteiger partial charge in [-0.1, -0.05) is 35.5 Å². The number of amides is 1. The fraction of sp³-hybridized carbons (Fsp3) is 0.333. The van der Waals surface area contributed by atoms with Gasteiger partial charge in [0.05, 0.1) is 12.6 Å². The Balaban J connectivity index is 1.41. The van der Waals surface area contributed by atoms with Crippen molar-refractivity contribution in [1.82, 2.24) is 19.5 Å². The summed E-state index contributed by atoms with van der Waals surface area (Å²) in [6.45, 7) is 4.96. The van der Waals surface area contributed by atoms with Crippen LogP contribution in [-0.2, 0) is 19.6 Å². The lowest BCUT2D eigenvalue weighted by atomic mass is 10.1. The fourth-order valence-electron chi connectivity index (χ4n) is 3.71. The Bertz CT molecular complexity index is 915. The molecule has 6 heteroatoms. The van der Waals surface area contributed by atoms with Crippen LogP contribution in [0.5, 0.6) is 0 Å². The van der Waals surface area contributed by atoms with Crippen molar-refractivity contribution >= 4 is 5.91 Å². The van der Waals surface area contributed by atoms with E-state index in [-0.39, 0.29) is 11.9 Å². The Morgan fingerprint density at radius 3 is 2.81 bits per heavy atom. The van der Waals surface area contributed by atoms with Crippen LogP contribution in [0.25, 0.3) is 0 Å². The van der Waals surface area contributed by atoms with E-state index < -0.39 is 0 Å². The molecule has 0 spiro atoms. The first-order chi connectivity index (χ1) is 13.1. The van der Waals surface area contributed by atoms with Gasteiger partial charge in [0.2, 0.25) is 0 Å². The molecule has 0 fully saturated rings. The monoisotopic (exact) mass is 364 g/mol. The summed E-state index contributed by atoms with van der Waals surface area (Å²) < 4.78 is 7.63. The highest BCUT2D eigenvalue weighted by Crippen LogP contribution is 2.26. The Morgan fingerprint density at radius 2 is 2.00 bits per heavy atom.